The predicted molar refractivity (Wildman–Crippen MR) is 71.1 cm³/mol. The normalized spacial score (nSPS) is 21.6. The second kappa shape index (κ2) is 6.50. The zero-order chi connectivity index (χ0) is 12.1. The first kappa shape index (κ1) is 13.0. The molecule has 1 aromatic carbocycles. The van der Waals surface area contributed by atoms with Crippen LogP contribution in [-0.2, 0) is 4.74 Å². The summed E-state index contributed by atoms with van der Waals surface area (Å²) in [4.78, 5) is 0. The molecular weight excluding hydrogens is 283 g/mol. The largest absolute Gasteiger partial charge is 0.378 e. The third-order valence-electron chi connectivity index (χ3n) is 3.37. The van der Waals surface area contributed by atoms with E-state index in [1.807, 2.05) is 6.07 Å². The molecule has 1 saturated heterocycles. The van der Waals surface area contributed by atoms with Crippen molar-refractivity contribution in [1.29, 1.82) is 0 Å². The van der Waals surface area contributed by atoms with Crippen LogP contribution in [0.25, 0.3) is 0 Å². The molecule has 0 radical (unpaired) electrons. The van der Waals surface area contributed by atoms with Gasteiger partial charge < -0.3 is 4.74 Å². The van der Waals surface area contributed by atoms with Gasteiger partial charge >= 0.3 is 0 Å². The van der Waals surface area contributed by atoms with Crippen molar-refractivity contribution in [3.63, 3.8) is 0 Å². The Morgan fingerprint density at radius 1 is 1.47 bits per heavy atom. The van der Waals surface area contributed by atoms with Gasteiger partial charge in [-0.1, -0.05) is 28.1 Å². The lowest BCUT2D eigenvalue weighted by Gasteiger charge is -2.17. The topological polar surface area (TPSA) is 9.23 Å². The van der Waals surface area contributed by atoms with Gasteiger partial charge in [-0.2, -0.15) is 0 Å². The summed E-state index contributed by atoms with van der Waals surface area (Å²) in [7, 11) is 0. The molecule has 1 heterocycles. The van der Waals surface area contributed by atoms with Gasteiger partial charge in [0.15, 0.2) is 0 Å². The Balaban J connectivity index is 1.91. The zero-order valence-electron chi connectivity index (χ0n) is 9.87. The second-order valence-corrected chi connectivity index (χ2v) is 5.27. The first-order chi connectivity index (χ1) is 8.29. The van der Waals surface area contributed by atoms with E-state index >= 15 is 0 Å². The number of benzene rings is 1. The fourth-order valence-corrected chi connectivity index (χ4v) is 3.05. The van der Waals surface area contributed by atoms with Crippen molar-refractivity contribution in [3.05, 3.63) is 35.6 Å². The average Bonchev–Trinajstić information content (AvgIpc) is 2.83. The molecule has 3 heteroatoms. The summed E-state index contributed by atoms with van der Waals surface area (Å²) in [6.45, 7) is 0.906. The molecular formula is C14H18BrFO. The summed E-state index contributed by atoms with van der Waals surface area (Å²) in [5.74, 6) is 0.237. The van der Waals surface area contributed by atoms with Crippen LogP contribution < -0.4 is 0 Å². The van der Waals surface area contributed by atoms with Crippen LogP contribution in [0.2, 0.25) is 0 Å². The van der Waals surface area contributed by atoms with Crippen LogP contribution in [-0.4, -0.2) is 18.0 Å². The molecule has 0 aromatic heterocycles. The van der Waals surface area contributed by atoms with Crippen molar-refractivity contribution in [2.24, 2.45) is 0 Å². The number of rotatable bonds is 5. The Hall–Kier alpha value is -0.410. The van der Waals surface area contributed by atoms with Gasteiger partial charge in [0.05, 0.1) is 6.10 Å². The molecule has 1 fully saturated rings. The number of alkyl halides is 1. The predicted octanol–water partition coefficient (Wildman–Crippen LogP) is 4.26. The quantitative estimate of drug-likeness (QED) is 0.738. The van der Waals surface area contributed by atoms with E-state index in [1.54, 1.807) is 12.1 Å². The molecule has 0 aliphatic carbocycles. The molecule has 0 N–H and O–H groups in total. The molecule has 1 aliphatic rings. The van der Waals surface area contributed by atoms with Gasteiger partial charge in [0, 0.05) is 11.9 Å². The van der Waals surface area contributed by atoms with Crippen LogP contribution in [0.3, 0.4) is 0 Å². The van der Waals surface area contributed by atoms with Gasteiger partial charge in [-0.15, -0.1) is 0 Å². The highest BCUT2D eigenvalue weighted by molar-refractivity contribution is 9.09. The average molecular weight is 301 g/mol. The molecule has 94 valence electrons. The van der Waals surface area contributed by atoms with Crippen LogP contribution in [0.4, 0.5) is 4.39 Å². The van der Waals surface area contributed by atoms with Gasteiger partial charge in [0.1, 0.15) is 5.82 Å². The first-order valence-corrected chi connectivity index (χ1v) is 7.35. The van der Waals surface area contributed by atoms with Gasteiger partial charge in [-0.25, -0.2) is 4.39 Å². The van der Waals surface area contributed by atoms with Crippen molar-refractivity contribution < 1.29 is 9.13 Å². The van der Waals surface area contributed by atoms with Crippen molar-refractivity contribution in [3.8, 4) is 0 Å². The van der Waals surface area contributed by atoms with E-state index in [9.17, 15) is 4.39 Å². The fourth-order valence-electron chi connectivity index (χ4n) is 2.35. The lowest BCUT2D eigenvalue weighted by Crippen LogP contribution is -2.09. The molecule has 0 bridgehead atoms. The maximum atomic E-state index is 13.2. The Bertz CT molecular complexity index is 350. The van der Waals surface area contributed by atoms with Gasteiger partial charge in [0.2, 0.25) is 0 Å². The van der Waals surface area contributed by atoms with E-state index in [2.05, 4.69) is 15.9 Å². The summed E-state index contributed by atoms with van der Waals surface area (Å²) in [6.07, 6.45) is 4.92. The van der Waals surface area contributed by atoms with Crippen LogP contribution in [0.1, 0.15) is 37.2 Å². The maximum Gasteiger partial charge on any atom is 0.123 e. The highest BCUT2D eigenvalue weighted by atomic mass is 79.9. The fraction of sp³-hybridized carbons (Fsp3) is 0.571. The minimum Gasteiger partial charge on any atom is -0.378 e. The lowest BCUT2D eigenvalue weighted by molar-refractivity contribution is 0.101. The molecule has 0 amide bonds. The van der Waals surface area contributed by atoms with E-state index in [0.717, 1.165) is 30.3 Å². The van der Waals surface area contributed by atoms with E-state index < -0.39 is 0 Å². The monoisotopic (exact) mass is 300 g/mol. The van der Waals surface area contributed by atoms with Crippen LogP contribution in [0.15, 0.2) is 24.3 Å². The van der Waals surface area contributed by atoms with Crippen molar-refractivity contribution >= 4 is 15.9 Å². The van der Waals surface area contributed by atoms with E-state index in [0.29, 0.717) is 12.0 Å². The SMILES string of the molecule is Fc1cccc(C(CBr)CCC2CCCO2)c1. The maximum absolute atomic E-state index is 13.2. The Labute approximate surface area is 110 Å². The Morgan fingerprint density at radius 2 is 2.35 bits per heavy atom. The number of hydrogen-bond acceptors (Lipinski definition) is 1. The third kappa shape index (κ3) is 3.78. The van der Waals surface area contributed by atoms with E-state index in [1.165, 1.54) is 18.9 Å². The Morgan fingerprint density at radius 3 is 3.00 bits per heavy atom. The molecule has 2 unspecified atom stereocenters. The molecule has 0 spiro atoms. The molecule has 1 aliphatic heterocycles. The molecule has 2 atom stereocenters. The minimum atomic E-state index is -0.148. The van der Waals surface area contributed by atoms with Crippen LogP contribution in [0.5, 0.6) is 0 Å². The van der Waals surface area contributed by atoms with E-state index in [4.69, 9.17) is 4.74 Å². The summed E-state index contributed by atoms with van der Waals surface area (Å²) in [5, 5.41) is 0.878. The number of halogens is 2. The van der Waals surface area contributed by atoms with Crippen LogP contribution in [0, 0.1) is 5.82 Å². The molecule has 1 aromatic rings. The first-order valence-electron chi connectivity index (χ1n) is 6.22. The molecule has 0 saturated carbocycles. The third-order valence-corrected chi connectivity index (χ3v) is 4.15. The highest BCUT2D eigenvalue weighted by Crippen LogP contribution is 2.27. The number of hydrogen-bond donors (Lipinski definition) is 0. The van der Waals surface area contributed by atoms with Crippen LogP contribution >= 0.6 is 15.9 Å². The lowest BCUT2D eigenvalue weighted by atomic mass is 9.94. The van der Waals surface area contributed by atoms with E-state index in [-0.39, 0.29) is 5.82 Å². The minimum absolute atomic E-state index is 0.148. The molecule has 2 rings (SSSR count). The van der Waals surface area contributed by atoms with Crippen molar-refractivity contribution in [2.75, 3.05) is 11.9 Å². The standard InChI is InChI=1S/C14H18BrFO/c15-10-12(6-7-14-5-2-8-17-14)11-3-1-4-13(16)9-11/h1,3-4,9,12,14H,2,5-8,10H2. The van der Waals surface area contributed by atoms with Crippen molar-refractivity contribution in [2.45, 2.75) is 37.7 Å². The second-order valence-electron chi connectivity index (χ2n) is 4.62. The smallest absolute Gasteiger partial charge is 0.123 e. The Kier molecular flexibility index (Phi) is 4.99. The summed E-state index contributed by atoms with van der Waals surface area (Å²) in [6, 6.07) is 6.92. The summed E-state index contributed by atoms with van der Waals surface area (Å²) >= 11 is 3.52. The molecule has 1 nitrogen and oxygen atoms in total. The summed E-state index contributed by atoms with van der Waals surface area (Å²) < 4.78 is 18.8. The van der Waals surface area contributed by atoms with Gasteiger partial charge in [0.25, 0.3) is 0 Å². The summed E-state index contributed by atoms with van der Waals surface area (Å²) in [5.41, 5.74) is 1.08. The highest BCUT2D eigenvalue weighted by Gasteiger charge is 2.18. The zero-order valence-corrected chi connectivity index (χ0v) is 11.5. The molecule has 17 heavy (non-hydrogen) atoms. The van der Waals surface area contributed by atoms with Gasteiger partial charge in [-0.05, 0) is 49.3 Å². The number of ether oxygens (including phenoxy) is 1. The van der Waals surface area contributed by atoms with Crippen molar-refractivity contribution in [1.82, 2.24) is 0 Å². The van der Waals surface area contributed by atoms with Gasteiger partial charge in [-0.3, -0.25) is 0 Å².